The second-order valence-corrected chi connectivity index (χ2v) is 5.14. The molecular formula is C14H11NO5S. The van der Waals surface area contributed by atoms with Gasteiger partial charge >= 0.3 is 5.97 Å². The smallest absolute Gasteiger partial charge is 0.335 e. The third kappa shape index (κ3) is 3.51. The van der Waals surface area contributed by atoms with Crippen LogP contribution in [0.2, 0.25) is 0 Å². The lowest BCUT2D eigenvalue weighted by atomic mass is 10.2. The minimum absolute atomic E-state index is 0.0249. The highest BCUT2D eigenvalue weighted by atomic mass is 32.2. The molecule has 7 heteroatoms. The number of nitro benzene ring substituents is 1. The quantitative estimate of drug-likeness (QED) is 0.672. The van der Waals surface area contributed by atoms with Crippen LogP contribution < -0.4 is 4.74 Å². The van der Waals surface area contributed by atoms with E-state index in [1.54, 1.807) is 18.2 Å². The molecule has 2 aromatic carbocycles. The fourth-order valence-corrected chi connectivity index (χ4v) is 2.59. The van der Waals surface area contributed by atoms with Gasteiger partial charge in [-0.05, 0) is 30.3 Å². The van der Waals surface area contributed by atoms with E-state index in [4.69, 9.17) is 9.84 Å². The van der Waals surface area contributed by atoms with Crippen LogP contribution in [0, 0.1) is 10.1 Å². The Morgan fingerprint density at radius 1 is 1.24 bits per heavy atom. The van der Waals surface area contributed by atoms with Crippen molar-refractivity contribution in [2.45, 2.75) is 9.79 Å². The maximum Gasteiger partial charge on any atom is 0.335 e. The van der Waals surface area contributed by atoms with Gasteiger partial charge in [0.15, 0.2) is 0 Å². The van der Waals surface area contributed by atoms with Crippen molar-refractivity contribution in [1.29, 1.82) is 0 Å². The van der Waals surface area contributed by atoms with Crippen molar-refractivity contribution < 1.29 is 19.6 Å². The van der Waals surface area contributed by atoms with Crippen molar-refractivity contribution in [3.63, 3.8) is 0 Å². The van der Waals surface area contributed by atoms with Crippen LogP contribution in [0.3, 0.4) is 0 Å². The second-order valence-electron chi connectivity index (χ2n) is 4.02. The first-order valence-corrected chi connectivity index (χ1v) is 6.66. The van der Waals surface area contributed by atoms with Crippen LogP contribution >= 0.6 is 11.8 Å². The van der Waals surface area contributed by atoms with E-state index in [1.807, 2.05) is 0 Å². The Morgan fingerprint density at radius 2 is 1.90 bits per heavy atom. The lowest BCUT2D eigenvalue weighted by molar-refractivity contribution is -0.387. The molecule has 0 radical (unpaired) electrons. The average molecular weight is 305 g/mol. The number of carbonyl (C=O) groups is 1. The molecule has 6 nitrogen and oxygen atoms in total. The Morgan fingerprint density at radius 3 is 2.43 bits per heavy atom. The molecule has 21 heavy (non-hydrogen) atoms. The molecule has 1 N–H and O–H groups in total. The van der Waals surface area contributed by atoms with Crippen LogP contribution in [0.1, 0.15) is 10.4 Å². The number of hydrogen-bond donors (Lipinski definition) is 1. The zero-order chi connectivity index (χ0) is 15.4. The summed E-state index contributed by atoms with van der Waals surface area (Å²) in [6, 6.07) is 10.6. The number of methoxy groups -OCH3 is 1. The number of benzene rings is 2. The summed E-state index contributed by atoms with van der Waals surface area (Å²) in [7, 11) is 1.48. The van der Waals surface area contributed by atoms with Crippen LogP contribution in [-0.2, 0) is 0 Å². The number of carboxylic acid groups (broad SMARTS) is 1. The van der Waals surface area contributed by atoms with E-state index in [0.717, 1.165) is 0 Å². The molecular weight excluding hydrogens is 294 g/mol. The number of rotatable bonds is 5. The van der Waals surface area contributed by atoms with Crippen LogP contribution in [0.5, 0.6) is 5.75 Å². The number of nitrogens with zero attached hydrogens (tertiary/aromatic N) is 1. The van der Waals surface area contributed by atoms with Crippen molar-refractivity contribution in [1.82, 2.24) is 0 Å². The number of aromatic carboxylic acids is 1. The summed E-state index contributed by atoms with van der Waals surface area (Å²) in [4.78, 5) is 22.5. The number of carboxylic acids is 1. The van der Waals surface area contributed by atoms with Gasteiger partial charge in [-0.1, -0.05) is 11.8 Å². The van der Waals surface area contributed by atoms with Crippen LogP contribution in [0.25, 0.3) is 0 Å². The summed E-state index contributed by atoms with van der Waals surface area (Å²) in [5.41, 5.74) is 0.141. The molecule has 0 heterocycles. The number of ether oxygens (including phenoxy) is 1. The number of nitro groups is 1. The van der Waals surface area contributed by atoms with E-state index in [1.165, 1.54) is 43.1 Å². The van der Waals surface area contributed by atoms with Crippen molar-refractivity contribution in [3.05, 3.63) is 58.1 Å². The second kappa shape index (κ2) is 6.27. The van der Waals surface area contributed by atoms with E-state index in [0.29, 0.717) is 15.5 Å². The maximum atomic E-state index is 11.0. The van der Waals surface area contributed by atoms with E-state index >= 15 is 0 Å². The lowest BCUT2D eigenvalue weighted by Crippen LogP contribution is -1.95. The van der Waals surface area contributed by atoms with Gasteiger partial charge in [0.25, 0.3) is 5.69 Å². The van der Waals surface area contributed by atoms with Gasteiger partial charge in [0.1, 0.15) is 5.75 Å². The molecule has 0 aliphatic heterocycles. The predicted octanol–water partition coefficient (Wildman–Crippen LogP) is 3.45. The van der Waals surface area contributed by atoms with Crippen molar-refractivity contribution >= 4 is 23.4 Å². The van der Waals surface area contributed by atoms with Gasteiger partial charge in [-0.3, -0.25) is 10.1 Å². The number of hydrogen-bond acceptors (Lipinski definition) is 5. The maximum absolute atomic E-state index is 11.0. The van der Waals surface area contributed by atoms with Crippen molar-refractivity contribution in [3.8, 4) is 5.75 Å². The van der Waals surface area contributed by atoms with Gasteiger partial charge < -0.3 is 9.84 Å². The summed E-state index contributed by atoms with van der Waals surface area (Å²) in [5, 5.41) is 19.9. The SMILES string of the molecule is COc1ccc([N+](=O)[O-])c(Sc2ccc(C(=O)O)cc2)c1. The minimum atomic E-state index is -1.01. The molecule has 0 spiro atoms. The molecule has 0 atom stereocenters. The fourth-order valence-electron chi connectivity index (χ4n) is 1.65. The Bertz CT molecular complexity index is 684. The summed E-state index contributed by atoms with van der Waals surface area (Å²) in [6.07, 6.45) is 0. The van der Waals surface area contributed by atoms with Crippen LogP contribution in [0.4, 0.5) is 5.69 Å². The zero-order valence-electron chi connectivity index (χ0n) is 11.0. The van der Waals surface area contributed by atoms with Gasteiger partial charge in [-0.25, -0.2) is 4.79 Å². The first-order valence-electron chi connectivity index (χ1n) is 5.85. The normalized spacial score (nSPS) is 10.1. The van der Waals surface area contributed by atoms with Gasteiger partial charge in [0.2, 0.25) is 0 Å². The molecule has 0 aliphatic carbocycles. The predicted molar refractivity (Wildman–Crippen MR) is 77.2 cm³/mol. The third-order valence-electron chi connectivity index (χ3n) is 2.69. The first-order chi connectivity index (χ1) is 10.0. The standard InChI is InChI=1S/C14H11NO5S/c1-20-10-4-7-12(15(18)19)13(8-10)21-11-5-2-9(3-6-11)14(16)17/h2-8H,1H3,(H,16,17). The highest BCUT2D eigenvalue weighted by Crippen LogP contribution is 2.37. The van der Waals surface area contributed by atoms with Crippen LogP contribution in [-0.4, -0.2) is 23.1 Å². The molecule has 0 fully saturated rings. The topological polar surface area (TPSA) is 89.7 Å². The monoisotopic (exact) mass is 305 g/mol. The lowest BCUT2D eigenvalue weighted by Gasteiger charge is -2.06. The molecule has 0 saturated carbocycles. The minimum Gasteiger partial charge on any atom is -0.497 e. The third-order valence-corrected chi connectivity index (χ3v) is 3.75. The van der Waals surface area contributed by atoms with Crippen molar-refractivity contribution in [2.24, 2.45) is 0 Å². The van der Waals surface area contributed by atoms with E-state index in [-0.39, 0.29) is 11.3 Å². The molecule has 0 saturated heterocycles. The summed E-state index contributed by atoms with van der Waals surface area (Å²) >= 11 is 1.18. The molecule has 0 aliphatic rings. The Kier molecular flexibility index (Phi) is 4.44. The summed E-state index contributed by atoms with van der Waals surface area (Å²) < 4.78 is 5.06. The summed E-state index contributed by atoms with van der Waals surface area (Å²) in [5.74, 6) is -0.496. The average Bonchev–Trinajstić information content (AvgIpc) is 2.47. The van der Waals surface area contributed by atoms with Gasteiger partial charge in [0, 0.05) is 17.0 Å². The molecule has 0 bridgehead atoms. The van der Waals surface area contributed by atoms with Crippen LogP contribution in [0.15, 0.2) is 52.3 Å². The fraction of sp³-hybridized carbons (Fsp3) is 0.0714. The van der Waals surface area contributed by atoms with Gasteiger partial charge in [-0.15, -0.1) is 0 Å². The first kappa shape index (κ1) is 14.9. The van der Waals surface area contributed by atoms with Crippen molar-refractivity contribution in [2.75, 3.05) is 7.11 Å². The molecule has 0 aromatic heterocycles. The largest absolute Gasteiger partial charge is 0.497 e. The van der Waals surface area contributed by atoms with Gasteiger partial charge in [0.05, 0.1) is 22.5 Å². The molecule has 0 unspecified atom stereocenters. The van der Waals surface area contributed by atoms with E-state index in [2.05, 4.69) is 0 Å². The van der Waals surface area contributed by atoms with E-state index in [9.17, 15) is 14.9 Å². The Balaban J connectivity index is 2.33. The molecule has 0 amide bonds. The van der Waals surface area contributed by atoms with E-state index < -0.39 is 10.9 Å². The zero-order valence-corrected chi connectivity index (χ0v) is 11.8. The molecule has 2 rings (SSSR count). The Labute approximate surface area is 124 Å². The summed E-state index contributed by atoms with van der Waals surface area (Å²) in [6.45, 7) is 0. The molecule has 2 aromatic rings. The Hall–Kier alpha value is -2.54. The highest BCUT2D eigenvalue weighted by Gasteiger charge is 2.16. The molecule has 108 valence electrons. The highest BCUT2D eigenvalue weighted by molar-refractivity contribution is 7.99. The van der Waals surface area contributed by atoms with Gasteiger partial charge in [-0.2, -0.15) is 0 Å².